The van der Waals surface area contributed by atoms with Gasteiger partial charge in [0.1, 0.15) is 18.4 Å². The first-order valence-corrected chi connectivity index (χ1v) is 23.9. The number of hydrogen-bond donors (Lipinski definition) is 3. The summed E-state index contributed by atoms with van der Waals surface area (Å²) in [6.45, 7) is 7.18. The van der Waals surface area contributed by atoms with Gasteiger partial charge >= 0.3 is 0 Å². The van der Waals surface area contributed by atoms with Crippen LogP contribution < -0.4 is 25.6 Å². The van der Waals surface area contributed by atoms with Crippen molar-refractivity contribution in [3.63, 3.8) is 0 Å². The first-order chi connectivity index (χ1) is 33.9. The molecule has 7 rings (SSSR count). The van der Waals surface area contributed by atoms with E-state index in [0.717, 1.165) is 32.6 Å². The van der Waals surface area contributed by atoms with Crippen molar-refractivity contribution in [1.82, 2.24) is 29.7 Å². The number of piperidine rings is 1. The van der Waals surface area contributed by atoms with Gasteiger partial charge in [0, 0.05) is 98.3 Å². The molecule has 2 aliphatic rings. The van der Waals surface area contributed by atoms with Gasteiger partial charge in [0.05, 0.1) is 76.1 Å². The molecule has 5 aromatic rings. The molecule has 3 aromatic carbocycles. The fourth-order valence-corrected chi connectivity index (χ4v) is 8.99. The number of anilines is 4. The second-order valence-corrected chi connectivity index (χ2v) is 17.6. The minimum Gasteiger partial charge on any atom is -0.494 e. The predicted octanol–water partition coefficient (Wildman–Crippen LogP) is 5.03. The lowest BCUT2D eigenvalue weighted by Crippen LogP contribution is -2.52. The second kappa shape index (κ2) is 24.6. The number of fused-ring (bicyclic) bond motifs is 2. The zero-order valence-electron chi connectivity index (χ0n) is 39.9. The van der Waals surface area contributed by atoms with E-state index in [-0.39, 0.29) is 37.4 Å². The summed E-state index contributed by atoms with van der Waals surface area (Å²) in [7, 11) is 7.11. The largest absolute Gasteiger partial charge is 0.494 e. The quantitative estimate of drug-likeness (QED) is 0.0288. The molecule has 0 bridgehead atoms. The lowest BCUT2D eigenvalue weighted by molar-refractivity contribution is -0.137. The number of amides is 5. The molecule has 2 aromatic heterocycles. The van der Waals surface area contributed by atoms with Crippen LogP contribution in [0.1, 0.15) is 28.8 Å². The molecular formula is C50H59N9O10S. The molecule has 5 amide bonds. The van der Waals surface area contributed by atoms with Crippen LogP contribution >= 0.6 is 11.8 Å². The van der Waals surface area contributed by atoms with E-state index in [1.54, 1.807) is 60.1 Å². The Hall–Kier alpha value is -6.84. The highest BCUT2D eigenvalue weighted by Gasteiger charge is 2.39. The number of nitrogens with zero attached hydrogens (tertiary/aromatic N) is 6. The zero-order chi connectivity index (χ0) is 49.6. The van der Waals surface area contributed by atoms with Crippen molar-refractivity contribution in [1.29, 1.82) is 0 Å². The monoisotopic (exact) mass is 977 g/mol. The van der Waals surface area contributed by atoms with Crippen LogP contribution in [0.4, 0.5) is 23.0 Å². The van der Waals surface area contributed by atoms with Gasteiger partial charge < -0.3 is 53.6 Å². The summed E-state index contributed by atoms with van der Waals surface area (Å²) in [5, 5.41) is 9.57. The fourth-order valence-electron chi connectivity index (χ4n) is 8.05. The number of benzene rings is 3. The highest BCUT2D eigenvalue weighted by molar-refractivity contribution is 7.99. The number of ether oxygens (including phenoxy) is 5. The highest BCUT2D eigenvalue weighted by atomic mass is 32.2. The van der Waals surface area contributed by atoms with Crippen LogP contribution in [0.5, 0.6) is 5.75 Å². The van der Waals surface area contributed by atoms with Gasteiger partial charge in [-0.3, -0.25) is 29.3 Å². The van der Waals surface area contributed by atoms with Crippen molar-refractivity contribution in [3.8, 4) is 17.0 Å². The van der Waals surface area contributed by atoms with E-state index in [4.69, 9.17) is 28.7 Å². The Bertz CT molecular complexity index is 2700. The van der Waals surface area contributed by atoms with Crippen LogP contribution in [0.2, 0.25) is 0 Å². The molecule has 1 atom stereocenters. The van der Waals surface area contributed by atoms with E-state index >= 15 is 0 Å². The van der Waals surface area contributed by atoms with Crippen molar-refractivity contribution in [2.24, 2.45) is 7.05 Å². The van der Waals surface area contributed by atoms with Crippen molar-refractivity contribution in [2.75, 3.05) is 108 Å². The van der Waals surface area contributed by atoms with E-state index < -0.39 is 17.9 Å². The Morgan fingerprint density at radius 1 is 0.914 bits per heavy atom. The molecule has 1 fully saturated rings. The van der Waals surface area contributed by atoms with Crippen LogP contribution in [0, 0.1) is 0 Å². The Balaban J connectivity index is 0.770. The molecule has 70 heavy (non-hydrogen) atoms. The Kier molecular flexibility index (Phi) is 18.0. The minimum absolute atomic E-state index is 0.111. The predicted molar refractivity (Wildman–Crippen MR) is 266 cm³/mol. The molecule has 19 nitrogen and oxygen atoms in total. The van der Waals surface area contributed by atoms with Gasteiger partial charge in [0.25, 0.3) is 5.91 Å². The molecule has 1 saturated heterocycles. The maximum atomic E-state index is 13.1. The van der Waals surface area contributed by atoms with Gasteiger partial charge in [-0.1, -0.05) is 30.8 Å². The van der Waals surface area contributed by atoms with Crippen LogP contribution in [-0.4, -0.2) is 153 Å². The third kappa shape index (κ3) is 12.9. The standard InChI is InChI=1S/C50H59N9O10S/c1-6-45(60)52-38-28-39(54-50-51-17-16-37(53-50)35-30-58(4)40-12-8-7-10-33(35)40)43(65-5)29-42(38)56(2)18-19-57(3)47(62)32-69-25-24-67-21-20-66-22-23-68-26-27-70-44-13-9-11-34-36(44)31-59(49(34)64)41-14-15-46(61)55-48(41)63/h6-13,16-17,28-30,41H,1,14-15,18-27,31-32H2,2-5H3,(H,52,60)(H,51,53,54)(H,55,61,63). The number of hydrogen-bond acceptors (Lipinski definition) is 15. The molecule has 1 unspecified atom stereocenters. The van der Waals surface area contributed by atoms with Gasteiger partial charge in [0.2, 0.25) is 29.6 Å². The Labute approximate surface area is 410 Å². The number of nitrogens with one attached hydrogen (secondary N) is 3. The lowest BCUT2D eigenvalue weighted by atomic mass is 10.0. The van der Waals surface area contributed by atoms with Crippen molar-refractivity contribution in [3.05, 3.63) is 96.8 Å². The SMILES string of the molecule is C=CC(=O)Nc1cc(Nc2nccc(-c3cn(C)c4ccccc34)n2)c(OC)cc1N(C)CCN(C)C(=O)COCCOCCOCCOCCSc1cccc2c1CN(C1CCC(=O)NC1=O)C2=O. The topological polar surface area (TPSA) is 208 Å². The number of aromatic nitrogens is 3. The smallest absolute Gasteiger partial charge is 0.255 e. The number of thioether (sulfide) groups is 1. The maximum absolute atomic E-state index is 13.1. The number of likely N-dealkylation sites (N-methyl/N-ethyl adjacent to an activating group) is 2. The normalized spacial score (nSPS) is 14.4. The third-order valence-electron chi connectivity index (χ3n) is 11.8. The number of imide groups is 1. The summed E-state index contributed by atoms with van der Waals surface area (Å²) in [4.78, 5) is 77.9. The molecule has 3 N–H and O–H groups in total. The third-order valence-corrected chi connectivity index (χ3v) is 12.9. The van der Waals surface area contributed by atoms with Crippen LogP contribution in [-0.2, 0) is 51.7 Å². The number of aryl methyl sites for hydroxylation is 1. The van der Waals surface area contributed by atoms with E-state index in [2.05, 4.69) is 44.2 Å². The maximum Gasteiger partial charge on any atom is 0.255 e. The first kappa shape index (κ1) is 51.0. The van der Waals surface area contributed by atoms with E-state index in [1.165, 1.54) is 6.08 Å². The summed E-state index contributed by atoms with van der Waals surface area (Å²) in [5.41, 5.74) is 5.94. The van der Waals surface area contributed by atoms with Gasteiger partial charge in [-0.2, -0.15) is 0 Å². The molecule has 0 radical (unpaired) electrons. The fraction of sp³-hybridized carbons (Fsp3) is 0.380. The van der Waals surface area contributed by atoms with Gasteiger partial charge in [0.15, 0.2) is 0 Å². The minimum atomic E-state index is -0.646. The molecular weight excluding hydrogens is 919 g/mol. The average Bonchev–Trinajstić information content (AvgIpc) is 3.89. The highest BCUT2D eigenvalue weighted by Crippen LogP contribution is 2.39. The summed E-state index contributed by atoms with van der Waals surface area (Å²) < 4.78 is 30.4. The first-order valence-electron chi connectivity index (χ1n) is 22.9. The molecule has 0 aliphatic carbocycles. The summed E-state index contributed by atoms with van der Waals surface area (Å²) in [6, 6.07) is 18.5. The van der Waals surface area contributed by atoms with Crippen LogP contribution in [0.15, 0.2) is 90.6 Å². The van der Waals surface area contributed by atoms with Gasteiger partial charge in [-0.25, -0.2) is 9.97 Å². The van der Waals surface area contributed by atoms with E-state index in [1.807, 2.05) is 55.5 Å². The van der Waals surface area contributed by atoms with Crippen LogP contribution in [0.3, 0.4) is 0 Å². The average molecular weight is 978 g/mol. The summed E-state index contributed by atoms with van der Waals surface area (Å²) in [6.07, 6.45) is 5.46. The van der Waals surface area contributed by atoms with Gasteiger partial charge in [-0.15, -0.1) is 11.8 Å². The van der Waals surface area contributed by atoms with Gasteiger partial charge in [-0.05, 0) is 48.4 Å². The number of methoxy groups -OCH3 is 1. The molecule has 0 saturated carbocycles. The van der Waals surface area contributed by atoms with Crippen LogP contribution in [0.25, 0.3) is 22.2 Å². The van der Waals surface area contributed by atoms with Crippen molar-refractivity contribution >= 4 is 75.2 Å². The van der Waals surface area contributed by atoms with E-state index in [9.17, 15) is 24.0 Å². The number of carbonyl (C=O) groups excluding carboxylic acids is 5. The lowest BCUT2D eigenvalue weighted by Gasteiger charge is -2.29. The summed E-state index contributed by atoms with van der Waals surface area (Å²) >= 11 is 1.59. The Morgan fingerprint density at radius 3 is 2.40 bits per heavy atom. The van der Waals surface area contributed by atoms with E-state index in [0.29, 0.717) is 106 Å². The molecule has 2 aliphatic heterocycles. The molecule has 0 spiro atoms. The van der Waals surface area contributed by atoms with Crippen molar-refractivity contribution in [2.45, 2.75) is 30.3 Å². The molecule has 20 heteroatoms. The molecule has 4 heterocycles. The summed E-state index contributed by atoms with van der Waals surface area (Å²) in [5.74, 6) is -0.0217. The zero-order valence-corrected chi connectivity index (χ0v) is 40.7. The molecule has 370 valence electrons. The Morgan fingerprint density at radius 2 is 1.66 bits per heavy atom. The second-order valence-electron chi connectivity index (χ2n) is 16.5. The number of carbonyl (C=O) groups is 5. The number of rotatable bonds is 26. The number of para-hydroxylation sites is 1. The van der Waals surface area contributed by atoms with Crippen molar-refractivity contribution < 1.29 is 47.7 Å².